The number of aryl methyl sites for hydroxylation is 1. The fourth-order valence-electron chi connectivity index (χ4n) is 2.77. The zero-order valence-electron chi connectivity index (χ0n) is 14.9. The van der Waals surface area contributed by atoms with Crippen molar-refractivity contribution in [3.63, 3.8) is 0 Å². The van der Waals surface area contributed by atoms with E-state index in [1.807, 2.05) is 78.9 Å². The second-order valence-electron chi connectivity index (χ2n) is 6.02. The van der Waals surface area contributed by atoms with E-state index in [1.165, 1.54) is 5.56 Å². The molecule has 3 nitrogen and oxygen atoms in total. The predicted octanol–water partition coefficient (Wildman–Crippen LogP) is 5.33. The molecule has 3 aromatic rings. The molecule has 0 spiro atoms. The molecule has 0 fully saturated rings. The summed E-state index contributed by atoms with van der Waals surface area (Å²) in [6, 6.07) is 25.2. The highest BCUT2D eigenvalue weighted by Crippen LogP contribution is 2.22. The van der Waals surface area contributed by atoms with Gasteiger partial charge in [-0.25, -0.2) is 0 Å². The van der Waals surface area contributed by atoms with Crippen LogP contribution in [0.1, 0.15) is 23.6 Å². The highest BCUT2D eigenvalue weighted by atomic mass is 16.5. The van der Waals surface area contributed by atoms with Gasteiger partial charge in [-0.3, -0.25) is 4.79 Å². The molecule has 0 saturated carbocycles. The van der Waals surface area contributed by atoms with Gasteiger partial charge in [0.2, 0.25) is 0 Å². The van der Waals surface area contributed by atoms with Crippen LogP contribution >= 0.6 is 0 Å². The maximum atomic E-state index is 12.2. The summed E-state index contributed by atoms with van der Waals surface area (Å²) in [4.78, 5) is 12.2. The highest BCUT2D eigenvalue weighted by Gasteiger charge is 2.09. The van der Waals surface area contributed by atoms with Gasteiger partial charge in [-0.05, 0) is 47.4 Å². The van der Waals surface area contributed by atoms with Gasteiger partial charge in [0.1, 0.15) is 18.1 Å². The Morgan fingerprint density at radius 1 is 0.808 bits per heavy atom. The van der Waals surface area contributed by atoms with E-state index >= 15 is 0 Å². The lowest BCUT2D eigenvalue weighted by molar-refractivity contribution is -0.144. The van der Waals surface area contributed by atoms with Crippen LogP contribution in [0.5, 0.6) is 11.5 Å². The maximum Gasteiger partial charge on any atom is 0.310 e. The minimum atomic E-state index is -0.222. The SMILES string of the molecule is CCc1ccccc1CC(=O)OCc1cccc(Oc2ccccc2)c1. The van der Waals surface area contributed by atoms with E-state index in [0.29, 0.717) is 6.42 Å². The van der Waals surface area contributed by atoms with E-state index in [-0.39, 0.29) is 12.6 Å². The summed E-state index contributed by atoms with van der Waals surface area (Å²) >= 11 is 0. The fourth-order valence-corrected chi connectivity index (χ4v) is 2.77. The molecule has 26 heavy (non-hydrogen) atoms. The fraction of sp³-hybridized carbons (Fsp3) is 0.174. The first kappa shape index (κ1) is 17.7. The van der Waals surface area contributed by atoms with Crippen LogP contribution in [0.2, 0.25) is 0 Å². The molecule has 0 amide bonds. The zero-order chi connectivity index (χ0) is 18.2. The molecule has 0 heterocycles. The molecule has 0 atom stereocenters. The molecular weight excluding hydrogens is 324 g/mol. The Balaban J connectivity index is 1.57. The second-order valence-corrected chi connectivity index (χ2v) is 6.02. The Hall–Kier alpha value is -3.07. The number of ether oxygens (including phenoxy) is 2. The van der Waals surface area contributed by atoms with Gasteiger partial charge in [0, 0.05) is 0 Å². The number of esters is 1. The average Bonchev–Trinajstić information content (AvgIpc) is 2.68. The van der Waals surface area contributed by atoms with E-state index in [4.69, 9.17) is 9.47 Å². The van der Waals surface area contributed by atoms with Crippen molar-refractivity contribution in [1.29, 1.82) is 0 Å². The van der Waals surface area contributed by atoms with Crippen LogP contribution in [0.25, 0.3) is 0 Å². The number of para-hydroxylation sites is 1. The molecule has 0 aliphatic carbocycles. The van der Waals surface area contributed by atoms with Gasteiger partial charge in [-0.2, -0.15) is 0 Å². The molecule has 3 heteroatoms. The molecule has 0 radical (unpaired) electrons. The van der Waals surface area contributed by atoms with Gasteiger partial charge in [0.25, 0.3) is 0 Å². The summed E-state index contributed by atoms with van der Waals surface area (Å²) < 4.78 is 11.3. The number of carbonyl (C=O) groups is 1. The lowest BCUT2D eigenvalue weighted by atomic mass is 10.0. The largest absolute Gasteiger partial charge is 0.461 e. The Bertz CT molecular complexity index is 856. The molecule has 0 aliphatic rings. The normalized spacial score (nSPS) is 10.3. The first-order chi connectivity index (χ1) is 12.7. The highest BCUT2D eigenvalue weighted by molar-refractivity contribution is 5.73. The third kappa shape index (κ3) is 4.96. The summed E-state index contributed by atoms with van der Waals surface area (Å²) in [5.41, 5.74) is 3.11. The Kier molecular flexibility index (Phi) is 6.05. The van der Waals surface area contributed by atoms with Crippen molar-refractivity contribution in [2.75, 3.05) is 0 Å². The summed E-state index contributed by atoms with van der Waals surface area (Å²) in [6.07, 6.45) is 1.20. The maximum absolute atomic E-state index is 12.2. The van der Waals surface area contributed by atoms with Gasteiger partial charge in [-0.15, -0.1) is 0 Å². The monoisotopic (exact) mass is 346 g/mol. The Morgan fingerprint density at radius 2 is 1.50 bits per heavy atom. The minimum absolute atomic E-state index is 0.222. The summed E-state index contributed by atoms with van der Waals surface area (Å²) in [6.45, 7) is 2.32. The predicted molar refractivity (Wildman–Crippen MR) is 102 cm³/mol. The molecule has 0 aromatic heterocycles. The molecule has 3 aromatic carbocycles. The van der Waals surface area contributed by atoms with Gasteiger partial charge >= 0.3 is 5.97 Å². The van der Waals surface area contributed by atoms with Crippen LogP contribution in [0.15, 0.2) is 78.9 Å². The molecule has 132 valence electrons. The van der Waals surface area contributed by atoms with Crippen molar-refractivity contribution in [2.45, 2.75) is 26.4 Å². The van der Waals surface area contributed by atoms with Crippen LogP contribution in [-0.2, 0) is 29.0 Å². The zero-order valence-corrected chi connectivity index (χ0v) is 14.9. The standard InChI is InChI=1S/C23H22O3/c1-2-19-10-6-7-11-20(19)16-23(24)25-17-18-9-8-14-22(15-18)26-21-12-4-3-5-13-21/h3-15H,2,16-17H2,1H3. The van der Waals surface area contributed by atoms with Gasteiger partial charge < -0.3 is 9.47 Å². The van der Waals surface area contributed by atoms with Crippen molar-refractivity contribution in [3.8, 4) is 11.5 Å². The quantitative estimate of drug-likeness (QED) is 0.543. The van der Waals surface area contributed by atoms with Gasteiger partial charge in [-0.1, -0.05) is 61.5 Å². The third-order valence-electron chi connectivity index (χ3n) is 4.11. The molecule has 0 aliphatic heterocycles. The van der Waals surface area contributed by atoms with Crippen LogP contribution in [0, 0.1) is 0 Å². The van der Waals surface area contributed by atoms with Crippen LogP contribution in [0.3, 0.4) is 0 Å². The van der Waals surface area contributed by atoms with Crippen molar-refractivity contribution in [3.05, 3.63) is 95.6 Å². The molecule has 0 saturated heterocycles. The number of carbonyl (C=O) groups excluding carboxylic acids is 1. The van der Waals surface area contributed by atoms with Gasteiger partial charge in [0.15, 0.2) is 0 Å². The first-order valence-corrected chi connectivity index (χ1v) is 8.79. The van der Waals surface area contributed by atoms with Gasteiger partial charge in [0.05, 0.1) is 6.42 Å². The molecule has 3 rings (SSSR count). The van der Waals surface area contributed by atoms with E-state index < -0.39 is 0 Å². The Morgan fingerprint density at radius 3 is 2.27 bits per heavy atom. The Labute approximate surface area is 154 Å². The van der Waals surface area contributed by atoms with Crippen LogP contribution < -0.4 is 4.74 Å². The molecule has 0 unspecified atom stereocenters. The molecule has 0 N–H and O–H groups in total. The topological polar surface area (TPSA) is 35.5 Å². The van der Waals surface area contributed by atoms with Crippen molar-refractivity contribution in [1.82, 2.24) is 0 Å². The van der Waals surface area contributed by atoms with E-state index in [1.54, 1.807) is 0 Å². The first-order valence-electron chi connectivity index (χ1n) is 8.79. The number of rotatable bonds is 7. The van der Waals surface area contributed by atoms with Crippen molar-refractivity contribution in [2.24, 2.45) is 0 Å². The van der Waals surface area contributed by atoms with E-state index in [0.717, 1.165) is 29.0 Å². The second kappa shape index (κ2) is 8.86. The van der Waals surface area contributed by atoms with Crippen molar-refractivity contribution >= 4 is 5.97 Å². The van der Waals surface area contributed by atoms with E-state index in [9.17, 15) is 4.79 Å². The summed E-state index contributed by atoms with van der Waals surface area (Å²) in [7, 11) is 0. The third-order valence-corrected chi connectivity index (χ3v) is 4.11. The van der Waals surface area contributed by atoms with Crippen molar-refractivity contribution < 1.29 is 14.3 Å². The molecular formula is C23H22O3. The van der Waals surface area contributed by atoms with E-state index in [2.05, 4.69) is 6.92 Å². The minimum Gasteiger partial charge on any atom is -0.461 e. The van der Waals surface area contributed by atoms with Crippen LogP contribution in [0.4, 0.5) is 0 Å². The summed E-state index contributed by atoms with van der Waals surface area (Å²) in [5.74, 6) is 1.28. The summed E-state index contributed by atoms with van der Waals surface area (Å²) in [5, 5.41) is 0. The lowest BCUT2D eigenvalue weighted by Crippen LogP contribution is -2.09. The number of hydrogen-bond acceptors (Lipinski definition) is 3. The van der Waals surface area contributed by atoms with Crippen LogP contribution in [-0.4, -0.2) is 5.97 Å². The smallest absolute Gasteiger partial charge is 0.310 e. The number of hydrogen-bond donors (Lipinski definition) is 0. The lowest BCUT2D eigenvalue weighted by Gasteiger charge is -2.10. The average molecular weight is 346 g/mol. The number of benzene rings is 3. The molecule has 0 bridgehead atoms.